The van der Waals surface area contributed by atoms with Crippen LogP contribution in [0.2, 0.25) is 0 Å². The van der Waals surface area contributed by atoms with Crippen LogP contribution in [0.1, 0.15) is 46.6 Å². The van der Waals surface area contributed by atoms with Gasteiger partial charge >= 0.3 is 0 Å². The third-order valence-corrected chi connectivity index (χ3v) is 5.14. The predicted molar refractivity (Wildman–Crippen MR) is 77.5 cm³/mol. The van der Waals surface area contributed by atoms with Gasteiger partial charge in [-0.25, -0.2) is 0 Å². The van der Waals surface area contributed by atoms with Crippen molar-refractivity contribution in [1.29, 1.82) is 0 Å². The Labute approximate surface area is 114 Å². The maximum absolute atomic E-state index is 9.94. The summed E-state index contributed by atoms with van der Waals surface area (Å²) in [6.07, 6.45) is 0.956. The quantitative estimate of drug-likeness (QED) is 0.827. The van der Waals surface area contributed by atoms with Crippen molar-refractivity contribution in [2.45, 2.75) is 56.6 Å². The molecule has 0 bridgehead atoms. The first-order valence-electron chi connectivity index (χ1n) is 6.49. The highest BCUT2D eigenvalue weighted by Gasteiger charge is 2.54. The van der Waals surface area contributed by atoms with E-state index in [9.17, 15) is 5.11 Å². The number of benzene rings is 1. The zero-order chi connectivity index (χ0) is 13.6. The zero-order valence-corrected chi connectivity index (χ0v) is 12.6. The van der Waals surface area contributed by atoms with Crippen LogP contribution in [0.3, 0.4) is 0 Å². The Balaban J connectivity index is 2.28. The van der Waals surface area contributed by atoms with Crippen molar-refractivity contribution >= 4 is 11.8 Å². The Morgan fingerprint density at radius 2 is 2.00 bits per heavy atom. The molecular weight excluding hydrogens is 244 g/mol. The minimum Gasteiger partial charge on any atom is -0.504 e. The van der Waals surface area contributed by atoms with E-state index in [1.807, 2.05) is 23.9 Å². The molecule has 1 heterocycles. The number of ether oxygens (including phenoxy) is 1. The Morgan fingerprint density at radius 3 is 2.44 bits per heavy atom. The first-order valence-corrected chi connectivity index (χ1v) is 7.37. The van der Waals surface area contributed by atoms with Gasteiger partial charge in [0.25, 0.3) is 0 Å². The van der Waals surface area contributed by atoms with Gasteiger partial charge in [-0.1, -0.05) is 33.8 Å². The number of thioether (sulfide) groups is 1. The van der Waals surface area contributed by atoms with Crippen molar-refractivity contribution in [3.8, 4) is 11.5 Å². The lowest BCUT2D eigenvalue weighted by atomic mass is 9.87. The van der Waals surface area contributed by atoms with Gasteiger partial charge in [-0.3, -0.25) is 0 Å². The Morgan fingerprint density at radius 1 is 1.39 bits per heavy atom. The van der Waals surface area contributed by atoms with Gasteiger partial charge in [0.15, 0.2) is 16.4 Å². The molecule has 100 valence electrons. The summed E-state index contributed by atoms with van der Waals surface area (Å²) in [4.78, 5) is -0.131. The molecule has 1 saturated heterocycles. The molecule has 1 fully saturated rings. The van der Waals surface area contributed by atoms with Crippen LogP contribution in [-0.4, -0.2) is 15.3 Å². The van der Waals surface area contributed by atoms with E-state index in [1.54, 1.807) is 6.07 Å². The molecule has 0 spiro atoms. The fraction of sp³-hybridized carbons (Fsp3) is 0.600. The molecule has 2 atom stereocenters. The van der Waals surface area contributed by atoms with Crippen LogP contribution in [-0.2, 0) is 5.41 Å². The molecule has 2 rings (SSSR count). The van der Waals surface area contributed by atoms with Crippen LogP contribution in [0.5, 0.6) is 11.5 Å². The number of phenols is 1. The highest BCUT2D eigenvalue weighted by atomic mass is 32.2. The summed E-state index contributed by atoms with van der Waals surface area (Å²) < 4.78 is 6.05. The molecule has 1 aromatic carbocycles. The van der Waals surface area contributed by atoms with Gasteiger partial charge in [0, 0.05) is 0 Å². The van der Waals surface area contributed by atoms with Gasteiger partial charge < -0.3 is 9.84 Å². The zero-order valence-electron chi connectivity index (χ0n) is 11.8. The van der Waals surface area contributed by atoms with Gasteiger partial charge in [-0.2, -0.15) is 0 Å². The first-order chi connectivity index (χ1) is 8.28. The first kappa shape index (κ1) is 13.6. The second-order valence-electron chi connectivity index (χ2n) is 5.96. The van der Waals surface area contributed by atoms with Crippen molar-refractivity contribution in [1.82, 2.24) is 0 Å². The van der Waals surface area contributed by atoms with E-state index in [1.165, 1.54) is 5.56 Å². The molecule has 18 heavy (non-hydrogen) atoms. The van der Waals surface area contributed by atoms with E-state index in [-0.39, 0.29) is 16.1 Å². The van der Waals surface area contributed by atoms with E-state index in [2.05, 4.69) is 34.6 Å². The number of aromatic hydroxyl groups is 1. The monoisotopic (exact) mass is 266 g/mol. The predicted octanol–water partition coefficient (Wildman–Crippen LogP) is 4.31. The molecule has 0 aliphatic carbocycles. The lowest BCUT2D eigenvalue weighted by Gasteiger charge is -2.22. The van der Waals surface area contributed by atoms with E-state index >= 15 is 0 Å². The fourth-order valence-corrected chi connectivity index (χ4v) is 3.11. The second-order valence-corrected chi connectivity index (χ2v) is 7.59. The summed E-state index contributed by atoms with van der Waals surface area (Å²) in [6, 6.07) is 5.67. The van der Waals surface area contributed by atoms with Crippen LogP contribution in [0.25, 0.3) is 0 Å². The molecular formula is C15H22O2S. The molecule has 1 aliphatic heterocycles. The minimum atomic E-state index is -0.131. The maximum atomic E-state index is 9.94. The molecule has 1 N–H and O–H groups in total. The minimum absolute atomic E-state index is 0.0630. The Hall–Kier alpha value is -0.830. The normalized spacial score (nSPS) is 27.1. The van der Waals surface area contributed by atoms with Gasteiger partial charge in [-0.05, 0) is 36.5 Å². The largest absolute Gasteiger partial charge is 0.504 e. The summed E-state index contributed by atoms with van der Waals surface area (Å²) >= 11 is 1.82. The van der Waals surface area contributed by atoms with Crippen molar-refractivity contribution < 1.29 is 9.84 Å². The van der Waals surface area contributed by atoms with E-state index < -0.39 is 0 Å². The summed E-state index contributed by atoms with van der Waals surface area (Å²) in [5, 5.41) is 10.4. The van der Waals surface area contributed by atoms with Crippen LogP contribution in [0.15, 0.2) is 18.2 Å². The smallest absolute Gasteiger partial charge is 0.166 e. The van der Waals surface area contributed by atoms with Crippen molar-refractivity contribution in [3.63, 3.8) is 0 Å². The summed E-state index contributed by atoms with van der Waals surface area (Å²) in [5.74, 6) is 0.844. The average Bonchev–Trinajstić information content (AvgIpc) is 2.91. The average molecular weight is 266 g/mol. The van der Waals surface area contributed by atoms with Crippen LogP contribution in [0, 0.1) is 0 Å². The number of rotatable bonds is 3. The van der Waals surface area contributed by atoms with Gasteiger partial charge in [-0.15, -0.1) is 11.8 Å². The van der Waals surface area contributed by atoms with E-state index in [0.29, 0.717) is 11.0 Å². The molecule has 0 saturated carbocycles. The second kappa shape index (κ2) is 4.37. The van der Waals surface area contributed by atoms with Gasteiger partial charge in [0.05, 0.1) is 5.25 Å². The molecule has 3 heteroatoms. The third-order valence-electron chi connectivity index (χ3n) is 3.54. The molecule has 1 aliphatic rings. The Bertz CT molecular complexity index is 446. The lowest BCUT2D eigenvalue weighted by molar-refractivity contribution is 0.189. The van der Waals surface area contributed by atoms with Crippen molar-refractivity contribution in [2.75, 3.05) is 0 Å². The number of phenolic OH excluding ortho intramolecular Hbond substituents is 1. The Kier molecular flexibility index (Phi) is 3.30. The highest BCUT2D eigenvalue weighted by Crippen LogP contribution is 2.57. The number of hydrogen-bond donors (Lipinski definition) is 1. The lowest BCUT2D eigenvalue weighted by Crippen LogP contribution is -2.21. The van der Waals surface area contributed by atoms with Gasteiger partial charge in [0.1, 0.15) is 0 Å². The summed E-state index contributed by atoms with van der Waals surface area (Å²) in [7, 11) is 0. The van der Waals surface area contributed by atoms with Crippen molar-refractivity contribution in [2.24, 2.45) is 0 Å². The molecule has 2 unspecified atom stereocenters. The fourth-order valence-electron chi connectivity index (χ4n) is 2.06. The molecule has 1 aromatic rings. The van der Waals surface area contributed by atoms with Crippen molar-refractivity contribution in [3.05, 3.63) is 23.8 Å². The van der Waals surface area contributed by atoms with Crippen LogP contribution < -0.4 is 4.74 Å². The third kappa shape index (κ3) is 2.46. The summed E-state index contributed by atoms with van der Waals surface area (Å²) in [5.41, 5.74) is 1.24. The van der Waals surface area contributed by atoms with E-state index in [4.69, 9.17) is 4.74 Å². The van der Waals surface area contributed by atoms with Crippen LogP contribution >= 0.6 is 11.8 Å². The molecule has 0 amide bonds. The SMILES string of the molecule is CCC1(Oc2cc(C(C)(C)C)ccc2O)SC1C. The number of hydrogen-bond acceptors (Lipinski definition) is 3. The van der Waals surface area contributed by atoms with Crippen LogP contribution in [0.4, 0.5) is 0 Å². The maximum Gasteiger partial charge on any atom is 0.166 e. The molecule has 0 aromatic heterocycles. The van der Waals surface area contributed by atoms with Gasteiger partial charge in [0.2, 0.25) is 0 Å². The van der Waals surface area contributed by atoms with E-state index in [0.717, 1.165) is 6.42 Å². The highest BCUT2D eigenvalue weighted by molar-refractivity contribution is 8.08. The molecule has 2 nitrogen and oxygen atoms in total. The molecule has 0 radical (unpaired) electrons. The summed E-state index contributed by atoms with van der Waals surface area (Å²) in [6.45, 7) is 10.8. The standard InChI is InChI=1S/C15H22O2S/c1-6-15(10(2)18-15)17-13-9-11(14(3,4)5)7-8-12(13)16/h7-10,16H,6H2,1-5H3. The topological polar surface area (TPSA) is 29.5 Å².